The molecule has 0 aliphatic rings. The van der Waals surface area contributed by atoms with Gasteiger partial charge in [0.1, 0.15) is 0 Å². The molecule has 0 saturated carbocycles. The van der Waals surface area contributed by atoms with Crippen molar-refractivity contribution in [2.24, 2.45) is 0 Å². The molecule has 6 heteroatoms. The molecule has 1 aromatic carbocycles. The Morgan fingerprint density at radius 3 is 2.58 bits per heavy atom. The van der Waals surface area contributed by atoms with Crippen LogP contribution < -0.4 is 5.32 Å². The van der Waals surface area contributed by atoms with E-state index in [4.69, 9.17) is 0 Å². The molecular weight excluding hydrogens is 259 g/mol. The summed E-state index contributed by atoms with van der Waals surface area (Å²) in [5, 5.41) is 2.42. The summed E-state index contributed by atoms with van der Waals surface area (Å²) < 4.78 is 36.7. The third kappa shape index (κ3) is 4.84. The molecule has 1 amide bonds. The van der Waals surface area contributed by atoms with Gasteiger partial charge in [-0.15, -0.1) is 0 Å². The van der Waals surface area contributed by atoms with Crippen LogP contribution in [-0.4, -0.2) is 24.4 Å². The number of hydrogen-bond donors (Lipinski definition) is 1. The minimum absolute atomic E-state index is 0.0901. The quantitative estimate of drug-likeness (QED) is 0.658. The monoisotopic (exact) mass is 269 g/mol. The lowest BCUT2D eigenvalue weighted by Crippen LogP contribution is -2.22. The average molecular weight is 269 g/mol. The Labute approximate surface area is 107 Å². The standard InChI is InChI=1S/C13H10F3NO2/c1-9(18)17-7-3-5-10-4-2-6-11(8-10)12(19)13(14,15)16/h2,4,6,8H,7H2,1H3,(H,17,18). The molecule has 3 nitrogen and oxygen atoms in total. The summed E-state index contributed by atoms with van der Waals surface area (Å²) in [4.78, 5) is 21.6. The molecule has 19 heavy (non-hydrogen) atoms. The molecule has 0 heterocycles. The number of amides is 1. The number of carbonyl (C=O) groups excluding carboxylic acids is 2. The van der Waals surface area contributed by atoms with E-state index in [1.54, 1.807) is 0 Å². The van der Waals surface area contributed by atoms with Crippen LogP contribution in [0.5, 0.6) is 0 Å². The highest BCUT2D eigenvalue weighted by atomic mass is 19.4. The van der Waals surface area contributed by atoms with Crippen molar-refractivity contribution in [1.82, 2.24) is 5.32 Å². The summed E-state index contributed by atoms with van der Waals surface area (Å²) in [5.74, 6) is 2.97. The van der Waals surface area contributed by atoms with Crippen LogP contribution in [0.4, 0.5) is 13.2 Å². The van der Waals surface area contributed by atoms with Crippen LogP contribution in [0.15, 0.2) is 24.3 Å². The largest absolute Gasteiger partial charge is 0.454 e. The highest BCUT2D eigenvalue weighted by Crippen LogP contribution is 2.21. The molecule has 1 aromatic rings. The summed E-state index contributed by atoms with van der Waals surface area (Å²) in [6, 6.07) is 4.95. The number of carbonyl (C=O) groups is 2. The van der Waals surface area contributed by atoms with Crippen LogP contribution in [0.25, 0.3) is 0 Å². The van der Waals surface area contributed by atoms with Crippen molar-refractivity contribution in [2.45, 2.75) is 13.1 Å². The van der Waals surface area contributed by atoms with Crippen LogP contribution in [0.3, 0.4) is 0 Å². The fourth-order valence-corrected chi connectivity index (χ4v) is 1.22. The van der Waals surface area contributed by atoms with E-state index < -0.39 is 17.5 Å². The Balaban J connectivity index is 2.83. The fourth-order valence-electron chi connectivity index (χ4n) is 1.22. The Morgan fingerprint density at radius 2 is 2.00 bits per heavy atom. The maximum absolute atomic E-state index is 12.2. The smallest absolute Gasteiger partial charge is 0.345 e. The van der Waals surface area contributed by atoms with Gasteiger partial charge in [0.2, 0.25) is 5.91 Å². The molecule has 0 unspecified atom stereocenters. The average Bonchev–Trinajstić information content (AvgIpc) is 2.33. The van der Waals surface area contributed by atoms with Gasteiger partial charge in [0, 0.05) is 18.1 Å². The topological polar surface area (TPSA) is 46.2 Å². The van der Waals surface area contributed by atoms with Gasteiger partial charge in [0.25, 0.3) is 5.78 Å². The first-order valence-corrected chi connectivity index (χ1v) is 5.25. The summed E-state index contributed by atoms with van der Waals surface area (Å²) >= 11 is 0. The lowest BCUT2D eigenvalue weighted by Gasteiger charge is -2.04. The molecule has 0 bridgehead atoms. The zero-order chi connectivity index (χ0) is 14.5. The number of halogens is 3. The van der Waals surface area contributed by atoms with E-state index >= 15 is 0 Å². The van der Waals surface area contributed by atoms with Crippen LogP contribution in [-0.2, 0) is 4.79 Å². The van der Waals surface area contributed by atoms with Crippen molar-refractivity contribution in [2.75, 3.05) is 6.54 Å². The van der Waals surface area contributed by atoms with Crippen LogP contribution >= 0.6 is 0 Å². The SMILES string of the molecule is CC(=O)NCC#Cc1cccc(C(=O)C(F)(F)F)c1. The lowest BCUT2D eigenvalue weighted by molar-refractivity contribution is -0.118. The van der Waals surface area contributed by atoms with Gasteiger partial charge >= 0.3 is 6.18 Å². The predicted molar refractivity (Wildman–Crippen MR) is 62.4 cm³/mol. The molecular formula is C13H10F3NO2. The fraction of sp³-hybridized carbons (Fsp3) is 0.231. The molecule has 0 radical (unpaired) electrons. The summed E-state index contributed by atoms with van der Waals surface area (Å²) in [6.45, 7) is 1.41. The molecule has 1 rings (SSSR count). The van der Waals surface area contributed by atoms with Crippen LogP contribution in [0.1, 0.15) is 22.8 Å². The number of alkyl halides is 3. The number of rotatable bonds is 2. The van der Waals surface area contributed by atoms with Gasteiger partial charge in [-0.1, -0.05) is 24.0 Å². The predicted octanol–water partition coefficient (Wildman–Crippen LogP) is 1.92. The Kier molecular flexibility index (Phi) is 4.70. The second-order valence-corrected chi connectivity index (χ2v) is 3.62. The van der Waals surface area contributed by atoms with E-state index in [1.165, 1.54) is 19.1 Å². The lowest BCUT2D eigenvalue weighted by atomic mass is 10.1. The first-order chi connectivity index (χ1) is 8.80. The first kappa shape index (κ1) is 14.8. The number of hydrogen-bond acceptors (Lipinski definition) is 2. The van der Waals surface area contributed by atoms with Gasteiger partial charge in [-0.3, -0.25) is 9.59 Å². The summed E-state index contributed by atoms with van der Waals surface area (Å²) in [5.41, 5.74) is -0.181. The molecule has 1 N–H and O–H groups in total. The molecule has 0 fully saturated rings. The Bertz CT molecular complexity index is 553. The van der Waals surface area contributed by atoms with Gasteiger partial charge in [-0.2, -0.15) is 13.2 Å². The van der Waals surface area contributed by atoms with Crippen molar-refractivity contribution in [3.8, 4) is 11.8 Å². The van der Waals surface area contributed by atoms with Crippen molar-refractivity contribution >= 4 is 11.7 Å². The molecule has 0 spiro atoms. The molecule has 0 aromatic heterocycles. The zero-order valence-corrected chi connectivity index (χ0v) is 9.97. The first-order valence-electron chi connectivity index (χ1n) is 5.25. The molecule has 0 saturated heterocycles. The van der Waals surface area contributed by atoms with Crippen molar-refractivity contribution in [3.63, 3.8) is 0 Å². The van der Waals surface area contributed by atoms with E-state index in [-0.39, 0.29) is 18.0 Å². The normalized spacial score (nSPS) is 10.3. The zero-order valence-electron chi connectivity index (χ0n) is 9.97. The number of ketones is 1. The van der Waals surface area contributed by atoms with Crippen molar-refractivity contribution in [1.29, 1.82) is 0 Å². The van der Waals surface area contributed by atoms with Gasteiger partial charge < -0.3 is 5.32 Å². The van der Waals surface area contributed by atoms with Gasteiger partial charge in [-0.05, 0) is 12.1 Å². The second-order valence-electron chi connectivity index (χ2n) is 3.62. The minimum atomic E-state index is -4.90. The third-order valence-corrected chi connectivity index (χ3v) is 2.04. The molecule has 0 atom stereocenters. The number of benzene rings is 1. The van der Waals surface area contributed by atoms with E-state index in [0.29, 0.717) is 0 Å². The van der Waals surface area contributed by atoms with Gasteiger partial charge in [0.05, 0.1) is 6.54 Å². The van der Waals surface area contributed by atoms with E-state index in [2.05, 4.69) is 17.2 Å². The maximum Gasteiger partial charge on any atom is 0.454 e. The Morgan fingerprint density at radius 1 is 1.32 bits per heavy atom. The van der Waals surface area contributed by atoms with E-state index in [1.807, 2.05) is 0 Å². The maximum atomic E-state index is 12.2. The van der Waals surface area contributed by atoms with Crippen molar-refractivity contribution < 1.29 is 22.8 Å². The third-order valence-electron chi connectivity index (χ3n) is 2.04. The second kappa shape index (κ2) is 6.05. The van der Waals surface area contributed by atoms with E-state index in [0.717, 1.165) is 12.1 Å². The Hall–Kier alpha value is -2.29. The molecule has 0 aliphatic heterocycles. The summed E-state index contributed by atoms with van der Waals surface area (Å²) in [7, 11) is 0. The number of nitrogens with one attached hydrogen (secondary N) is 1. The highest BCUT2D eigenvalue weighted by Gasteiger charge is 2.39. The molecule has 0 aliphatic carbocycles. The van der Waals surface area contributed by atoms with Gasteiger partial charge in [-0.25, -0.2) is 0 Å². The molecule has 100 valence electrons. The van der Waals surface area contributed by atoms with E-state index in [9.17, 15) is 22.8 Å². The van der Waals surface area contributed by atoms with Crippen LogP contribution in [0, 0.1) is 11.8 Å². The summed E-state index contributed by atoms with van der Waals surface area (Å²) in [6.07, 6.45) is -4.90. The van der Waals surface area contributed by atoms with Crippen LogP contribution in [0.2, 0.25) is 0 Å². The number of Topliss-reactive ketones (excluding diaryl/α,β-unsaturated/α-hetero) is 1. The highest BCUT2D eigenvalue weighted by molar-refractivity contribution is 6.00. The van der Waals surface area contributed by atoms with Gasteiger partial charge in [0.15, 0.2) is 0 Å². The minimum Gasteiger partial charge on any atom is -0.345 e. The van der Waals surface area contributed by atoms with Crippen molar-refractivity contribution in [3.05, 3.63) is 35.4 Å².